The SMILES string of the molecule is [2H]c1c([2H])c([2H])c(-c2cccc3c2-c2cccc(C(C)(C)C)c2-[n+]2[c-]n(-c4[c-]c(Oc5[c-]c6c(cc5)c5ccccc5n6-c5cc(C(C)(C)C)ccn5)ccc4)c4cc(-c5cc(C(C)(C)C)cc(C(C)(C)C)c5)cc(c42)-c2ccccc2-3)c([2H])c1[2H].[Pt]. The zero-order chi connectivity index (χ0) is 60.7. The van der Waals surface area contributed by atoms with Gasteiger partial charge in [0.2, 0.25) is 0 Å². The second-order valence-corrected chi connectivity index (χ2v) is 25.8. The molecule has 3 aromatic heterocycles. The summed E-state index contributed by atoms with van der Waals surface area (Å²) in [6.45, 7) is 26.9. The molecule has 5 nitrogen and oxygen atoms in total. The second-order valence-electron chi connectivity index (χ2n) is 25.8. The van der Waals surface area contributed by atoms with E-state index in [4.69, 9.17) is 13.8 Å². The first-order valence-electron chi connectivity index (χ1n) is 30.5. The van der Waals surface area contributed by atoms with Gasteiger partial charge in [-0.05, 0) is 135 Å². The average molecular weight is 1250 g/mol. The molecule has 0 amide bonds. The van der Waals surface area contributed by atoms with Gasteiger partial charge in [-0.3, -0.25) is 4.57 Å². The van der Waals surface area contributed by atoms with E-state index in [0.717, 1.165) is 94.4 Å². The first kappa shape index (κ1) is 48.6. The Balaban J connectivity index is 0.00000739. The van der Waals surface area contributed by atoms with Crippen LogP contribution in [0, 0.1) is 18.5 Å². The van der Waals surface area contributed by atoms with Crippen molar-refractivity contribution in [1.82, 2.24) is 14.1 Å². The normalized spacial score (nSPS) is 13.4. The summed E-state index contributed by atoms with van der Waals surface area (Å²) in [5.74, 6) is 1.81. The first-order valence-corrected chi connectivity index (χ1v) is 28.0. The quantitative estimate of drug-likeness (QED) is 0.123. The molecule has 12 aromatic rings. The van der Waals surface area contributed by atoms with E-state index in [0.29, 0.717) is 22.7 Å². The van der Waals surface area contributed by atoms with Crippen LogP contribution in [-0.4, -0.2) is 14.1 Å². The van der Waals surface area contributed by atoms with Gasteiger partial charge in [0.1, 0.15) is 5.82 Å². The molecule has 13 rings (SSSR count). The number of hydrogen-bond donors (Lipinski definition) is 0. The van der Waals surface area contributed by atoms with Crippen LogP contribution < -0.4 is 9.30 Å². The number of pyridine rings is 1. The third-order valence-corrected chi connectivity index (χ3v) is 16.0. The number of benzene rings is 9. The second kappa shape index (κ2) is 20.1. The standard InChI is InChI=1S/C76H68N4O.Pt/c1-73(2,3)51-37-38-77-69(44-51)80-66-34-19-18-29-60(66)61-36-35-56(46-67(61)80)81-55-26-20-25-54(45-55)78-47-79-71-63(32-22-33-65(71)76(10,11)12)70-57(48-23-14-13-15-24-48)30-21-31-62(70)58-27-16-17-28-59(58)64-41-50(42-68(78)72(64)79)49-39-52(74(4,5)6)43-53(40-49)75(7,8)9;/h13-44H,1-12H3;/q-2;/i13D,14D,15D,23D,24D;. The van der Waals surface area contributed by atoms with Crippen molar-refractivity contribution in [1.29, 1.82) is 0 Å². The summed E-state index contributed by atoms with van der Waals surface area (Å²) < 4.78 is 58.6. The average Bonchev–Trinajstić information content (AvgIpc) is 1.78. The van der Waals surface area contributed by atoms with Crippen LogP contribution in [0.25, 0.3) is 106 Å². The predicted octanol–water partition coefficient (Wildman–Crippen LogP) is 19.4. The molecule has 0 saturated carbocycles. The summed E-state index contributed by atoms with van der Waals surface area (Å²) in [5.41, 5.74) is 17.1. The summed E-state index contributed by atoms with van der Waals surface area (Å²) in [5, 5.41) is 2.13. The fraction of sp³-hybridized carbons (Fsp3) is 0.211. The molecule has 0 N–H and O–H groups in total. The van der Waals surface area contributed by atoms with Gasteiger partial charge in [-0.1, -0.05) is 222 Å². The maximum Gasteiger partial charge on any atom is 0.268 e. The number of imidazole rings is 1. The van der Waals surface area contributed by atoms with Crippen LogP contribution >= 0.6 is 0 Å². The van der Waals surface area contributed by atoms with Crippen molar-refractivity contribution < 1.29 is 37.2 Å². The minimum atomic E-state index is -0.437. The van der Waals surface area contributed by atoms with Gasteiger partial charge in [0.25, 0.3) is 6.33 Å². The maximum atomic E-state index is 9.42. The molecule has 82 heavy (non-hydrogen) atoms. The van der Waals surface area contributed by atoms with E-state index in [1.54, 1.807) is 0 Å². The van der Waals surface area contributed by atoms with Gasteiger partial charge in [-0.2, -0.15) is 18.2 Å². The minimum absolute atomic E-state index is 0. The summed E-state index contributed by atoms with van der Waals surface area (Å²) in [6.07, 6.45) is 5.86. The number of fused-ring (bicyclic) bond motifs is 10. The Morgan fingerprint density at radius 2 is 1.11 bits per heavy atom. The molecule has 1 aliphatic heterocycles. The number of hydrogen-bond acceptors (Lipinski definition) is 2. The van der Waals surface area contributed by atoms with Gasteiger partial charge in [0.05, 0.1) is 23.6 Å². The molecule has 0 unspecified atom stereocenters. The monoisotopic (exact) mass is 1250 g/mol. The number of para-hydroxylation sites is 2. The topological polar surface area (TPSA) is 35.9 Å². The van der Waals surface area contributed by atoms with Crippen molar-refractivity contribution in [2.24, 2.45) is 0 Å². The largest absolute Gasteiger partial charge is 0.510 e. The molecule has 1 aliphatic rings. The summed E-state index contributed by atoms with van der Waals surface area (Å²) in [7, 11) is 0. The van der Waals surface area contributed by atoms with Crippen LogP contribution in [0.4, 0.5) is 0 Å². The van der Waals surface area contributed by atoms with E-state index in [1.807, 2.05) is 42.6 Å². The third kappa shape index (κ3) is 9.51. The Kier molecular flexibility index (Phi) is 11.9. The number of aromatic nitrogens is 4. The van der Waals surface area contributed by atoms with Gasteiger partial charge in [0.15, 0.2) is 0 Å². The van der Waals surface area contributed by atoms with Gasteiger partial charge in [-0.15, -0.1) is 29.7 Å². The van der Waals surface area contributed by atoms with Gasteiger partial charge in [0, 0.05) is 44.3 Å². The maximum absolute atomic E-state index is 9.42. The molecule has 0 saturated heterocycles. The number of ether oxygens (including phenoxy) is 1. The fourth-order valence-electron chi connectivity index (χ4n) is 11.7. The molecular weight excluding hydrogens is 1180 g/mol. The van der Waals surface area contributed by atoms with E-state index in [-0.39, 0.29) is 67.0 Å². The van der Waals surface area contributed by atoms with Gasteiger partial charge < -0.3 is 13.9 Å². The van der Waals surface area contributed by atoms with Crippen molar-refractivity contribution >= 4 is 32.8 Å². The van der Waals surface area contributed by atoms with E-state index < -0.39 is 11.5 Å². The van der Waals surface area contributed by atoms with Crippen LogP contribution in [0.5, 0.6) is 11.5 Å². The third-order valence-electron chi connectivity index (χ3n) is 16.0. The van der Waals surface area contributed by atoms with Crippen molar-refractivity contribution in [3.63, 3.8) is 0 Å². The van der Waals surface area contributed by atoms with E-state index in [2.05, 4.69) is 237 Å². The summed E-state index contributed by atoms with van der Waals surface area (Å²) >= 11 is 0. The van der Waals surface area contributed by atoms with E-state index in [9.17, 15) is 2.74 Å². The smallest absolute Gasteiger partial charge is 0.268 e. The molecule has 0 fully saturated rings. The molecule has 410 valence electrons. The molecular formula is C76H68N4OPt-2. The minimum Gasteiger partial charge on any atom is -0.510 e. The Morgan fingerprint density at radius 1 is 0.488 bits per heavy atom. The Bertz CT molecular complexity index is 4730. The van der Waals surface area contributed by atoms with Crippen molar-refractivity contribution in [3.8, 4) is 84.3 Å². The molecule has 0 bridgehead atoms. The van der Waals surface area contributed by atoms with Crippen LogP contribution in [0.3, 0.4) is 0 Å². The van der Waals surface area contributed by atoms with Gasteiger partial charge in [-0.25, -0.2) is 4.98 Å². The van der Waals surface area contributed by atoms with E-state index in [1.165, 1.54) is 16.7 Å². The molecule has 4 heterocycles. The van der Waals surface area contributed by atoms with Crippen molar-refractivity contribution in [2.45, 2.75) is 105 Å². The first-order chi connectivity index (χ1) is 40.8. The summed E-state index contributed by atoms with van der Waals surface area (Å²) in [6, 6.07) is 60.7. The molecule has 9 aromatic carbocycles. The van der Waals surface area contributed by atoms with Crippen LogP contribution in [-0.2, 0) is 42.7 Å². The van der Waals surface area contributed by atoms with Gasteiger partial charge >= 0.3 is 0 Å². The van der Waals surface area contributed by atoms with Crippen LogP contribution in [0.15, 0.2) is 194 Å². The van der Waals surface area contributed by atoms with Crippen LogP contribution in [0.1, 0.15) is 112 Å². The summed E-state index contributed by atoms with van der Waals surface area (Å²) in [4.78, 5) is 4.91. The Labute approximate surface area is 505 Å². The molecule has 0 spiro atoms. The zero-order valence-electron chi connectivity index (χ0n) is 53.6. The Hall–Kier alpha value is -8.11. The fourth-order valence-corrected chi connectivity index (χ4v) is 11.7. The van der Waals surface area contributed by atoms with Crippen LogP contribution in [0.2, 0.25) is 0 Å². The molecule has 0 radical (unpaired) electrons. The molecule has 0 atom stereocenters. The molecule has 0 aliphatic carbocycles. The molecule has 6 heteroatoms. The van der Waals surface area contributed by atoms with Crippen molar-refractivity contribution in [3.05, 3.63) is 235 Å². The van der Waals surface area contributed by atoms with Crippen molar-refractivity contribution in [2.75, 3.05) is 0 Å². The predicted molar refractivity (Wildman–Crippen MR) is 336 cm³/mol. The number of rotatable bonds is 6. The zero-order valence-corrected chi connectivity index (χ0v) is 50.9. The van der Waals surface area contributed by atoms with E-state index >= 15 is 0 Å². The Morgan fingerprint density at radius 3 is 1.83 bits per heavy atom. The number of nitrogens with zero attached hydrogens (tertiary/aromatic N) is 4.